The number of hydrogen-bond donors (Lipinski definition) is 0. The van der Waals surface area contributed by atoms with Crippen LogP contribution in [0.15, 0.2) is 42.6 Å². The molecule has 1 atom stereocenters. The van der Waals surface area contributed by atoms with E-state index in [1.54, 1.807) is 24.3 Å². The van der Waals surface area contributed by atoms with E-state index in [0.717, 1.165) is 5.56 Å². The summed E-state index contributed by atoms with van der Waals surface area (Å²) in [6, 6.07) is 12.9. The van der Waals surface area contributed by atoms with Gasteiger partial charge in [0.2, 0.25) is 0 Å². The highest BCUT2D eigenvalue weighted by Gasteiger charge is 2.14. The van der Waals surface area contributed by atoms with E-state index in [1.807, 2.05) is 12.1 Å². The zero-order valence-electron chi connectivity index (χ0n) is 8.77. The number of rotatable bonds is 2. The maximum atomic E-state index is 9.22. The Morgan fingerprint density at radius 1 is 1.00 bits per heavy atom. The Morgan fingerprint density at radius 3 is 2.18 bits per heavy atom. The van der Waals surface area contributed by atoms with E-state index in [2.05, 4.69) is 11.1 Å². The Balaban J connectivity index is 2.37. The van der Waals surface area contributed by atoms with Gasteiger partial charge in [-0.1, -0.05) is 35.3 Å². The van der Waals surface area contributed by atoms with Crippen LogP contribution in [0, 0.1) is 11.3 Å². The van der Waals surface area contributed by atoms with E-state index in [1.165, 1.54) is 6.20 Å². The Kier molecular flexibility index (Phi) is 3.63. The second kappa shape index (κ2) is 5.18. The van der Waals surface area contributed by atoms with Crippen LogP contribution in [-0.2, 0) is 0 Å². The van der Waals surface area contributed by atoms with Crippen LogP contribution in [0.3, 0.4) is 0 Å². The zero-order valence-corrected chi connectivity index (χ0v) is 10.3. The number of nitrogens with zero attached hydrogens (tertiary/aromatic N) is 2. The van der Waals surface area contributed by atoms with Gasteiger partial charge in [0.25, 0.3) is 0 Å². The summed E-state index contributed by atoms with van der Waals surface area (Å²) < 4.78 is 0. The van der Waals surface area contributed by atoms with Crippen molar-refractivity contribution in [2.45, 2.75) is 5.92 Å². The summed E-state index contributed by atoms with van der Waals surface area (Å²) in [5, 5.41) is 10.4. The van der Waals surface area contributed by atoms with Crippen molar-refractivity contribution in [1.29, 1.82) is 5.26 Å². The van der Waals surface area contributed by atoms with Crippen LogP contribution in [0.4, 0.5) is 0 Å². The van der Waals surface area contributed by atoms with E-state index >= 15 is 0 Å². The lowest BCUT2D eigenvalue weighted by molar-refractivity contribution is 0.966. The zero-order chi connectivity index (χ0) is 12.3. The molecule has 4 heteroatoms. The van der Waals surface area contributed by atoms with Crippen molar-refractivity contribution < 1.29 is 0 Å². The Labute approximate surface area is 109 Å². The van der Waals surface area contributed by atoms with Crippen molar-refractivity contribution in [2.24, 2.45) is 0 Å². The molecule has 0 aliphatic rings. The van der Waals surface area contributed by atoms with E-state index in [9.17, 15) is 5.26 Å². The van der Waals surface area contributed by atoms with Gasteiger partial charge in [-0.05, 0) is 29.8 Å². The molecule has 2 rings (SSSR count). The summed E-state index contributed by atoms with van der Waals surface area (Å²) in [4.78, 5) is 4.16. The third kappa shape index (κ3) is 2.76. The maximum Gasteiger partial charge on any atom is 0.113 e. The molecule has 2 aromatic rings. The highest BCUT2D eigenvalue weighted by molar-refractivity contribution is 6.30. The van der Waals surface area contributed by atoms with Crippen molar-refractivity contribution in [3.05, 3.63) is 63.9 Å². The van der Waals surface area contributed by atoms with Crippen LogP contribution in [0.1, 0.15) is 17.2 Å². The fraction of sp³-hybridized carbons (Fsp3) is 0.0769. The first-order valence-electron chi connectivity index (χ1n) is 4.97. The van der Waals surface area contributed by atoms with Crippen LogP contribution in [0.2, 0.25) is 10.0 Å². The molecule has 0 unspecified atom stereocenters. The second-order valence-electron chi connectivity index (χ2n) is 3.51. The molecular formula is C13H8Cl2N2. The van der Waals surface area contributed by atoms with Crippen LogP contribution in [-0.4, -0.2) is 4.98 Å². The molecule has 0 saturated heterocycles. The minimum Gasteiger partial charge on any atom is -0.258 e. The molecule has 0 aliphatic heterocycles. The van der Waals surface area contributed by atoms with Gasteiger partial charge in [0, 0.05) is 11.2 Å². The van der Waals surface area contributed by atoms with Gasteiger partial charge in [-0.15, -0.1) is 0 Å². The molecule has 0 radical (unpaired) electrons. The number of hydrogen-bond acceptors (Lipinski definition) is 2. The first-order valence-corrected chi connectivity index (χ1v) is 5.73. The molecule has 0 aliphatic carbocycles. The topological polar surface area (TPSA) is 36.7 Å². The van der Waals surface area contributed by atoms with Crippen molar-refractivity contribution in [3.63, 3.8) is 0 Å². The fourth-order valence-electron chi connectivity index (χ4n) is 1.52. The van der Waals surface area contributed by atoms with Gasteiger partial charge in [0.15, 0.2) is 0 Å². The van der Waals surface area contributed by atoms with E-state index < -0.39 is 5.92 Å². The number of nitriles is 1. The van der Waals surface area contributed by atoms with Gasteiger partial charge >= 0.3 is 0 Å². The molecule has 0 spiro atoms. The summed E-state index contributed by atoms with van der Waals surface area (Å²) in [5.41, 5.74) is 1.55. The lowest BCUT2D eigenvalue weighted by Crippen LogP contribution is -2.00. The van der Waals surface area contributed by atoms with Crippen LogP contribution >= 0.6 is 23.2 Å². The summed E-state index contributed by atoms with van der Waals surface area (Å²) in [6.07, 6.45) is 1.54. The molecule has 1 aromatic heterocycles. The molecular weight excluding hydrogens is 255 g/mol. The first-order chi connectivity index (χ1) is 8.20. The standard InChI is InChI=1S/C13H8Cl2N2/c14-10-3-1-9(2-4-10)12(7-16)13-6-5-11(15)8-17-13/h1-6,8,12H/t12-/m1/s1. The van der Waals surface area contributed by atoms with Crippen LogP contribution in [0.5, 0.6) is 0 Å². The first kappa shape index (κ1) is 11.9. The van der Waals surface area contributed by atoms with Gasteiger partial charge < -0.3 is 0 Å². The minimum atomic E-state index is -0.399. The molecule has 0 amide bonds. The quantitative estimate of drug-likeness (QED) is 0.819. The molecule has 17 heavy (non-hydrogen) atoms. The van der Waals surface area contributed by atoms with Gasteiger partial charge in [0.1, 0.15) is 5.92 Å². The Bertz CT molecular complexity index is 496. The van der Waals surface area contributed by atoms with Crippen molar-refractivity contribution in [1.82, 2.24) is 4.98 Å². The van der Waals surface area contributed by atoms with Crippen LogP contribution < -0.4 is 0 Å². The average Bonchev–Trinajstić information content (AvgIpc) is 2.35. The fourth-order valence-corrected chi connectivity index (χ4v) is 1.76. The molecule has 0 fully saturated rings. The lowest BCUT2D eigenvalue weighted by atomic mass is 9.97. The van der Waals surface area contributed by atoms with Gasteiger partial charge in [-0.2, -0.15) is 5.26 Å². The van der Waals surface area contributed by atoms with Crippen LogP contribution in [0.25, 0.3) is 0 Å². The number of halogens is 2. The molecule has 0 saturated carbocycles. The molecule has 1 heterocycles. The molecule has 1 aromatic carbocycles. The SMILES string of the molecule is N#C[C@H](c1ccc(Cl)cc1)c1ccc(Cl)cn1. The molecule has 0 N–H and O–H groups in total. The van der Waals surface area contributed by atoms with Gasteiger partial charge in [-0.25, -0.2) is 0 Å². The third-order valence-electron chi connectivity index (χ3n) is 2.38. The van der Waals surface area contributed by atoms with E-state index in [-0.39, 0.29) is 0 Å². The highest BCUT2D eigenvalue weighted by atomic mass is 35.5. The number of aromatic nitrogens is 1. The highest BCUT2D eigenvalue weighted by Crippen LogP contribution is 2.24. The number of benzene rings is 1. The average molecular weight is 263 g/mol. The summed E-state index contributed by atoms with van der Waals surface area (Å²) in [6.45, 7) is 0. The largest absolute Gasteiger partial charge is 0.258 e. The summed E-state index contributed by atoms with van der Waals surface area (Å²) in [7, 11) is 0. The lowest BCUT2D eigenvalue weighted by Gasteiger charge is -2.08. The Hall–Kier alpha value is -1.56. The summed E-state index contributed by atoms with van der Waals surface area (Å²) in [5.74, 6) is -0.399. The van der Waals surface area contributed by atoms with Crippen molar-refractivity contribution >= 4 is 23.2 Å². The normalized spacial score (nSPS) is 11.8. The van der Waals surface area contributed by atoms with E-state index in [0.29, 0.717) is 15.7 Å². The predicted molar refractivity (Wildman–Crippen MR) is 68.2 cm³/mol. The molecule has 84 valence electrons. The van der Waals surface area contributed by atoms with Crippen molar-refractivity contribution in [2.75, 3.05) is 0 Å². The number of pyridine rings is 1. The predicted octanol–water partition coefficient (Wildman–Crippen LogP) is 4.04. The second-order valence-corrected chi connectivity index (χ2v) is 4.39. The maximum absolute atomic E-state index is 9.22. The van der Waals surface area contributed by atoms with Gasteiger partial charge in [0.05, 0.1) is 16.8 Å². The minimum absolute atomic E-state index is 0.399. The summed E-state index contributed by atoms with van der Waals surface area (Å²) >= 11 is 11.6. The van der Waals surface area contributed by atoms with Gasteiger partial charge in [-0.3, -0.25) is 4.98 Å². The van der Waals surface area contributed by atoms with Crippen molar-refractivity contribution in [3.8, 4) is 6.07 Å². The molecule has 2 nitrogen and oxygen atoms in total. The molecule has 0 bridgehead atoms. The monoisotopic (exact) mass is 262 g/mol. The van der Waals surface area contributed by atoms with E-state index in [4.69, 9.17) is 23.2 Å². The smallest absolute Gasteiger partial charge is 0.113 e. The third-order valence-corrected chi connectivity index (χ3v) is 2.85. The Morgan fingerprint density at radius 2 is 1.65 bits per heavy atom.